The molecule has 0 saturated carbocycles. The highest BCUT2D eigenvalue weighted by atomic mass is 32.2. The average molecular weight is 318 g/mol. The first-order valence-electron chi connectivity index (χ1n) is 6.28. The van der Waals surface area contributed by atoms with E-state index in [0.717, 1.165) is 0 Å². The Bertz CT molecular complexity index is 664. The van der Waals surface area contributed by atoms with Crippen LogP contribution in [-0.2, 0) is 4.79 Å². The van der Waals surface area contributed by atoms with Gasteiger partial charge < -0.3 is 9.84 Å². The fourth-order valence-electron chi connectivity index (χ4n) is 1.48. The van der Waals surface area contributed by atoms with Crippen molar-refractivity contribution >= 4 is 23.9 Å². The number of nitrogens with zero attached hydrogens (tertiary/aromatic N) is 3. The van der Waals surface area contributed by atoms with Crippen LogP contribution in [0.15, 0.2) is 46.9 Å². The standard InChI is InChI=1S/C14H14N4O3S/c1-21-12-7-10(3-4-11(12)19)8-17-18-13(20)9-22-14-15-5-2-6-16-14/h2-8,19H,9H2,1H3,(H,18,20). The number of hydrogen-bond donors (Lipinski definition) is 2. The van der Waals surface area contributed by atoms with Gasteiger partial charge in [0.05, 0.1) is 19.1 Å². The minimum absolute atomic E-state index is 0.0444. The molecule has 0 aliphatic carbocycles. The van der Waals surface area contributed by atoms with Crippen molar-refractivity contribution < 1.29 is 14.6 Å². The lowest BCUT2D eigenvalue weighted by atomic mass is 10.2. The fraction of sp³-hybridized carbons (Fsp3) is 0.143. The monoisotopic (exact) mass is 318 g/mol. The first-order chi connectivity index (χ1) is 10.7. The van der Waals surface area contributed by atoms with Gasteiger partial charge in [-0.05, 0) is 29.8 Å². The maximum atomic E-state index is 11.6. The Balaban J connectivity index is 1.83. The highest BCUT2D eigenvalue weighted by Crippen LogP contribution is 2.25. The predicted octanol–water partition coefficient (Wildman–Crippen LogP) is 1.43. The van der Waals surface area contributed by atoms with E-state index >= 15 is 0 Å². The fourth-order valence-corrected chi connectivity index (χ4v) is 2.07. The lowest BCUT2D eigenvalue weighted by Crippen LogP contribution is -2.19. The zero-order chi connectivity index (χ0) is 15.8. The Labute approximate surface area is 131 Å². The molecule has 0 aliphatic rings. The van der Waals surface area contributed by atoms with E-state index in [0.29, 0.717) is 16.5 Å². The number of phenols is 1. The summed E-state index contributed by atoms with van der Waals surface area (Å²) in [5.41, 5.74) is 3.09. The molecule has 22 heavy (non-hydrogen) atoms. The molecular formula is C14H14N4O3S. The Morgan fingerprint density at radius 1 is 1.45 bits per heavy atom. The second-order valence-electron chi connectivity index (χ2n) is 4.04. The van der Waals surface area contributed by atoms with E-state index in [1.807, 2.05) is 0 Å². The largest absolute Gasteiger partial charge is 0.504 e. The number of aromatic nitrogens is 2. The number of methoxy groups -OCH3 is 1. The molecule has 2 N–H and O–H groups in total. The van der Waals surface area contributed by atoms with E-state index in [1.54, 1.807) is 30.6 Å². The van der Waals surface area contributed by atoms with Crippen molar-refractivity contribution in [3.8, 4) is 11.5 Å². The van der Waals surface area contributed by atoms with Crippen molar-refractivity contribution in [2.24, 2.45) is 5.10 Å². The van der Waals surface area contributed by atoms with Gasteiger partial charge in [0.15, 0.2) is 16.7 Å². The SMILES string of the molecule is COc1cc(C=NNC(=O)CSc2ncccn2)ccc1O. The summed E-state index contributed by atoms with van der Waals surface area (Å²) in [6.45, 7) is 0. The van der Waals surface area contributed by atoms with Crippen molar-refractivity contribution in [3.63, 3.8) is 0 Å². The average Bonchev–Trinajstić information content (AvgIpc) is 2.55. The van der Waals surface area contributed by atoms with E-state index < -0.39 is 0 Å². The topological polar surface area (TPSA) is 96.7 Å². The van der Waals surface area contributed by atoms with Crippen LogP contribution in [0.5, 0.6) is 11.5 Å². The van der Waals surface area contributed by atoms with Crippen LogP contribution in [0.1, 0.15) is 5.56 Å². The second-order valence-corrected chi connectivity index (χ2v) is 4.99. The number of phenolic OH excluding ortho intramolecular Hbond substituents is 1. The normalized spacial score (nSPS) is 10.6. The van der Waals surface area contributed by atoms with E-state index in [2.05, 4.69) is 20.5 Å². The number of nitrogens with one attached hydrogen (secondary N) is 1. The zero-order valence-electron chi connectivity index (χ0n) is 11.8. The molecule has 1 aromatic heterocycles. The van der Waals surface area contributed by atoms with Gasteiger partial charge in [0.25, 0.3) is 5.91 Å². The predicted molar refractivity (Wildman–Crippen MR) is 83.2 cm³/mol. The van der Waals surface area contributed by atoms with Gasteiger partial charge in [-0.1, -0.05) is 11.8 Å². The number of hydrazone groups is 1. The smallest absolute Gasteiger partial charge is 0.250 e. The highest BCUT2D eigenvalue weighted by Gasteiger charge is 2.03. The summed E-state index contributed by atoms with van der Waals surface area (Å²) in [5, 5.41) is 13.8. The van der Waals surface area contributed by atoms with Gasteiger partial charge in [-0.2, -0.15) is 5.10 Å². The Hall–Kier alpha value is -2.61. The summed E-state index contributed by atoms with van der Waals surface area (Å²) in [6, 6.07) is 6.46. The summed E-state index contributed by atoms with van der Waals surface area (Å²) in [5.74, 6) is 0.287. The van der Waals surface area contributed by atoms with Gasteiger partial charge in [-0.3, -0.25) is 4.79 Å². The maximum Gasteiger partial charge on any atom is 0.250 e. The Morgan fingerprint density at radius 3 is 2.95 bits per heavy atom. The van der Waals surface area contributed by atoms with Gasteiger partial charge in [-0.25, -0.2) is 15.4 Å². The van der Waals surface area contributed by atoms with Gasteiger partial charge in [0, 0.05) is 12.4 Å². The van der Waals surface area contributed by atoms with E-state index in [4.69, 9.17) is 4.74 Å². The lowest BCUT2D eigenvalue weighted by molar-refractivity contribution is -0.118. The second kappa shape index (κ2) is 7.99. The number of hydrogen-bond acceptors (Lipinski definition) is 7. The minimum atomic E-state index is -0.264. The van der Waals surface area contributed by atoms with Crippen molar-refractivity contribution in [1.82, 2.24) is 15.4 Å². The molecule has 0 saturated heterocycles. The molecule has 114 valence electrons. The molecule has 0 fully saturated rings. The summed E-state index contributed by atoms with van der Waals surface area (Å²) >= 11 is 1.22. The third-order valence-electron chi connectivity index (χ3n) is 2.48. The van der Waals surface area contributed by atoms with Gasteiger partial charge in [0.2, 0.25) is 0 Å². The van der Waals surface area contributed by atoms with E-state index in [-0.39, 0.29) is 17.4 Å². The molecule has 7 nitrogen and oxygen atoms in total. The first kappa shape index (κ1) is 15.8. The van der Waals surface area contributed by atoms with Crippen molar-refractivity contribution in [2.45, 2.75) is 5.16 Å². The summed E-state index contributed by atoms with van der Waals surface area (Å²) in [4.78, 5) is 19.6. The Kier molecular flexibility index (Phi) is 5.73. The number of aromatic hydroxyl groups is 1. The molecule has 0 unspecified atom stereocenters. The number of carbonyl (C=O) groups excluding carboxylic acids is 1. The van der Waals surface area contributed by atoms with Crippen LogP contribution >= 0.6 is 11.8 Å². The van der Waals surface area contributed by atoms with Crippen LogP contribution < -0.4 is 10.2 Å². The molecule has 0 aliphatic heterocycles. The summed E-state index contributed by atoms with van der Waals surface area (Å²) in [7, 11) is 1.46. The van der Waals surface area contributed by atoms with Crippen LogP contribution in [0.3, 0.4) is 0 Å². The molecular weight excluding hydrogens is 304 g/mol. The quantitative estimate of drug-likeness (QED) is 0.362. The molecule has 2 aromatic rings. The minimum Gasteiger partial charge on any atom is -0.504 e. The molecule has 0 spiro atoms. The number of rotatable bonds is 6. The lowest BCUT2D eigenvalue weighted by Gasteiger charge is -2.03. The number of carbonyl (C=O) groups is 1. The van der Waals surface area contributed by atoms with Crippen molar-refractivity contribution in [2.75, 3.05) is 12.9 Å². The van der Waals surface area contributed by atoms with Crippen LogP contribution in [0.4, 0.5) is 0 Å². The third kappa shape index (κ3) is 4.74. The zero-order valence-corrected chi connectivity index (χ0v) is 12.6. The molecule has 1 aromatic carbocycles. The number of thioether (sulfide) groups is 1. The van der Waals surface area contributed by atoms with Crippen LogP contribution in [0.25, 0.3) is 0 Å². The van der Waals surface area contributed by atoms with E-state index in [9.17, 15) is 9.90 Å². The highest BCUT2D eigenvalue weighted by molar-refractivity contribution is 7.99. The van der Waals surface area contributed by atoms with Crippen molar-refractivity contribution in [3.05, 3.63) is 42.2 Å². The van der Waals surface area contributed by atoms with Crippen LogP contribution in [0.2, 0.25) is 0 Å². The molecule has 1 heterocycles. The molecule has 0 radical (unpaired) electrons. The number of amides is 1. The third-order valence-corrected chi connectivity index (χ3v) is 3.36. The van der Waals surface area contributed by atoms with Crippen LogP contribution in [0, 0.1) is 0 Å². The number of benzene rings is 1. The van der Waals surface area contributed by atoms with E-state index in [1.165, 1.54) is 31.2 Å². The molecule has 1 amide bonds. The number of ether oxygens (including phenoxy) is 1. The van der Waals surface area contributed by atoms with Crippen LogP contribution in [-0.4, -0.2) is 40.1 Å². The molecule has 0 atom stereocenters. The van der Waals surface area contributed by atoms with Gasteiger partial charge >= 0.3 is 0 Å². The Morgan fingerprint density at radius 2 is 2.23 bits per heavy atom. The summed E-state index contributed by atoms with van der Waals surface area (Å²) in [6.07, 6.45) is 4.69. The summed E-state index contributed by atoms with van der Waals surface area (Å²) < 4.78 is 4.98. The first-order valence-corrected chi connectivity index (χ1v) is 7.26. The molecule has 8 heteroatoms. The molecule has 0 bridgehead atoms. The van der Waals surface area contributed by atoms with Crippen molar-refractivity contribution in [1.29, 1.82) is 0 Å². The maximum absolute atomic E-state index is 11.6. The van der Waals surface area contributed by atoms with Gasteiger partial charge in [0.1, 0.15) is 0 Å². The molecule has 2 rings (SSSR count). The van der Waals surface area contributed by atoms with Gasteiger partial charge in [-0.15, -0.1) is 0 Å².